The molecule has 0 saturated carbocycles. The summed E-state index contributed by atoms with van der Waals surface area (Å²) in [4.78, 5) is 7.87. The third kappa shape index (κ3) is 3.17. The third-order valence-electron chi connectivity index (χ3n) is 2.78. The van der Waals surface area contributed by atoms with E-state index >= 15 is 0 Å². The molecule has 0 amide bonds. The summed E-state index contributed by atoms with van der Waals surface area (Å²) in [7, 11) is 0. The van der Waals surface area contributed by atoms with Gasteiger partial charge in [-0.1, -0.05) is 0 Å². The lowest BCUT2D eigenvalue weighted by atomic mass is 9.91. The van der Waals surface area contributed by atoms with Crippen LogP contribution in [0.1, 0.15) is 6.92 Å². The van der Waals surface area contributed by atoms with Crippen LogP contribution in [0.4, 0.5) is 16.2 Å². The number of anilines is 2. The Labute approximate surface area is 118 Å². The van der Waals surface area contributed by atoms with E-state index in [0.29, 0.717) is 16.0 Å². The van der Waals surface area contributed by atoms with E-state index in [0.717, 1.165) is 0 Å². The quantitative estimate of drug-likeness (QED) is 0.717. The maximum atomic E-state index is 13.6. The number of hydrogen-bond donors (Lipinski definition) is 3. The van der Waals surface area contributed by atoms with Crippen molar-refractivity contribution in [2.75, 3.05) is 11.1 Å². The Morgan fingerprint density at radius 1 is 1.53 bits per heavy atom. The molecule has 7 heteroatoms. The van der Waals surface area contributed by atoms with Gasteiger partial charge in [0.15, 0.2) is 5.71 Å². The van der Waals surface area contributed by atoms with E-state index in [1.165, 1.54) is 6.08 Å². The normalized spacial score (nSPS) is 22.5. The van der Waals surface area contributed by atoms with Gasteiger partial charge in [0, 0.05) is 13.1 Å². The monoisotopic (exact) mass is 326 g/mol. The molecule has 1 aromatic rings. The molecule has 0 aromatic carbocycles. The summed E-state index contributed by atoms with van der Waals surface area (Å²) in [5.74, 6) is 0.166. The van der Waals surface area contributed by atoms with E-state index in [-0.39, 0.29) is 23.7 Å². The first-order chi connectivity index (χ1) is 8.97. The van der Waals surface area contributed by atoms with Crippen LogP contribution in [0.2, 0.25) is 0 Å². The van der Waals surface area contributed by atoms with E-state index in [4.69, 9.17) is 11.1 Å². The number of nitrogens with one attached hydrogen (secondary N) is 1. The van der Waals surface area contributed by atoms with Crippen LogP contribution in [0, 0.1) is 5.92 Å². The number of nitrogens with two attached hydrogens (primary N) is 2. The molecule has 19 heavy (non-hydrogen) atoms. The van der Waals surface area contributed by atoms with Crippen molar-refractivity contribution in [2.24, 2.45) is 5.92 Å². The van der Waals surface area contributed by atoms with Gasteiger partial charge in [-0.05, 0) is 34.1 Å². The zero-order valence-corrected chi connectivity index (χ0v) is 11.9. The molecule has 1 heterocycles. The van der Waals surface area contributed by atoms with Crippen molar-refractivity contribution < 1.29 is 9.80 Å². The fourth-order valence-electron chi connectivity index (χ4n) is 1.85. The number of nitrogens with zero attached hydrogens (tertiary/aromatic N) is 2. The van der Waals surface area contributed by atoms with Crippen LogP contribution in [0.25, 0.3) is 0 Å². The van der Waals surface area contributed by atoms with E-state index < -0.39 is 0 Å². The van der Waals surface area contributed by atoms with Gasteiger partial charge in [-0.3, -0.25) is 5.41 Å². The minimum atomic E-state index is -0.324. The molecular formula is C12H14BrFN5+. The van der Waals surface area contributed by atoms with Gasteiger partial charge in [0.05, 0.1) is 16.4 Å². The maximum Gasteiger partial charge on any atom is 0.221 e. The molecular weight excluding hydrogens is 313 g/mol. The Bertz CT molecular complexity index is 569. The highest BCUT2D eigenvalue weighted by Gasteiger charge is 2.28. The van der Waals surface area contributed by atoms with E-state index in [1.54, 1.807) is 25.3 Å². The fourth-order valence-corrected chi connectivity index (χ4v) is 2.27. The first-order valence-corrected chi connectivity index (χ1v) is 6.45. The molecule has 0 aliphatic heterocycles. The predicted octanol–water partition coefficient (Wildman–Crippen LogP) is 0.821. The van der Waals surface area contributed by atoms with E-state index in [9.17, 15) is 4.39 Å². The molecule has 0 saturated heterocycles. The number of halogens is 2. The van der Waals surface area contributed by atoms with Gasteiger partial charge in [-0.2, -0.15) is 4.98 Å². The van der Waals surface area contributed by atoms with Crippen molar-refractivity contribution in [3.63, 3.8) is 0 Å². The molecule has 0 bridgehead atoms. The van der Waals surface area contributed by atoms with E-state index in [1.807, 2.05) is 0 Å². The molecule has 5 nitrogen and oxygen atoms in total. The first-order valence-electron chi connectivity index (χ1n) is 5.66. The number of aromatic nitrogens is 2. The van der Waals surface area contributed by atoms with Crippen molar-refractivity contribution in [3.8, 4) is 0 Å². The van der Waals surface area contributed by atoms with Gasteiger partial charge in [-0.25, -0.2) is 9.37 Å². The molecule has 1 aliphatic carbocycles. The van der Waals surface area contributed by atoms with Crippen molar-refractivity contribution in [1.82, 2.24) is 9.97 Å². The Kier molecular flexibility index (Phi) is 3.94. The lowest BCUT2D eigenvalue weighted by Gasteiger charge is -2.24. The van der Waals surface area contributed by atoms with Crippen LogP contribution in [0.5, 0.6) is 0 Å². The Balaban J connectivity index is 2.25. The zero-order valence-electron chi connectivity index (χ0n) is 10.3. The lowest BCUT2D eigenvalue weighted by molar-refractivity contribution is -0.119. The molecule has 2 unspecified atom stereocenters. The molecule has 5 N–H and O–H groups in total. The van der Waals surface area contributed by atoms with Crippen LogP contribution >= 0.6 is 15.9 Å². The predicted molar refractivity (Wildman–Crippen MR) is 76.2 cm³/mol. The summed E-state index contributed by atoms with van der Waals surface area (Å²) in [6, 6.07) is 1.49. The average Bonchev–Trinajstić information content (AvgIpc) is 2.33. The third-order valence-corrected chi connectivity index (χ3v) is 3.42. The van der Waals surface area contributed by atoms with Crippen molar-refractivity contribution >= 4 is 33.4 Å². The molecule has 0 fully saturated rings. The standard InChI is InChI=1S/C12H13BrFN5/c1-6(15)7-4-9(14)8(13)5-10(7)18-11-2-3-17-12(16)19-11/h2-5,7,10,15H,1H3,(H3,16,17,18,19)/p+1. The van der Waals surface area contributed by atoms with Crippen LogP contribution in [-0.2, 0) is 0 Å². The number of nitrogen functional groups attached to an aromatic ring is 1. The number of rotatable bonds is 3. The second kappa shape index (κ2) is 5.48. The summed E-state index contributed by atoms with van der Waals surface area (Å²) in [6.07, 6.45) is 4.74. The highest BCUT2D eigenvalue weighted by atomic mass is 79.9. The van der Waals surface area contributed by atoms with Crippen molar-refractivity contribution in [2.45, 2.75) is 13.0 Å². The van der Waals surface area contributed by atoms with Gasteiger partial charge >= 0.3 is 0 Å². The van der Waals surface area contributed by atoms with Crippen LogP contribution in [0.3, 0.4) is 0 Å². The maximum absolute atomic E-state index is 13.6. The Morgan fingerprint density at radius 3 is 2.89 bits per heavy atom. The highest BCUT2D eigenvalue weighted by molar-refractivity contribution is 9.11. The minimum absolute atomic E-state index is 0.176. The highest BCUT2D eigenvalue weighted by Crippen LogP contribution is 2.29. The lowest BCUT2D eigenvalue weighted by Crippen LogP contribution is -2.47. The van der Waals surface area contributed by atoms with Crippen LogP contribution in [0.15, 0.2) is 34.7 Å². The molecule has 2 rings (SSSR count). The molecule has 100 valence electrons. The SMILES string of the molecule is CC(=[NH2+])C1C=C(F)C(Br)=CC1Nc1ccnc(N)n1. The first kappa shape index (κ1) is 13.7. The van der Waals surface area contributed by atoms with Crippen LogP contribution < -0.4 is 16.5 Å². The van der Waals surface area contributed by atoms with Crippen LogP contribution in [-0.4, -0.2) is 21.7 Å². The fraction of sp³-hybridized carbons (Fsp3) is 0.250. The summed E-state index contributed by atoms with van der Waals surface area (Å²) in [5, 5.41) is 8.97. The summed E-state index contributed by atoms with van der Waals surface area (Å²) in [6.45, 7) is 1.75. The van der Waals surface area contributed by atoms with Crippen molar-refractivity contribution in [3.05, 3.63) is 34.7 Å². The molecule has 1 aliphatic rings. The zero-order chi connectivity index (χ0) is 14.0. The summed E-state index contributed by atoms with van der Waals surface area (Å²) in [5.41, 5.74) is 6.14. The Morgan fingerprint density at radius 2 is 2.26 bits per heavy atom. The van der Waals surface area contributed by atoms with Crippen molar-refractivity contribution in [1.29, 1.82) is 0 Å². The largest absolute Gasteiger partial charge is 0.368 e. The average molecular weight is 327 g/mol. The van der Waals surface area contributed by atoms with E-state index in [2.05, 4.69) is 31.2 Å². The van der Waals surface area contributed by atoms with Gasteiger partial charge < -0.3 is 11.1 Å². The molecule has 1 aromatic heterocycles. The minimum Gasteiger partial charge on any atom is -0.368 e. The second-order valence-corrected chi connectivity index (χ2v) is 5.12. The summed E-state index contributed by atoms with van der Waals surface area (Å²) >= 11 is 3.17. The van der Waals surface area contributed by atoms with Gasteiger partial charge in [0.25, 0.3) is 0 Å². The molecule has 0 radical (unpaired) electrons. The Hall–Kier alpha value is -1.76. The van der Waals surface area contributed by atoms with Gasteiger partial charge in [-0.15, -0.1) is 0 Å². The topological polar surface area (TPSA) is 89.4 Å². The number of allylic oxidation sites excluding steroid dienone is 2. The van der Waals surface area contributed by atoms with Gasteiger partial charge in [0.2, 0.25) is 5.95 Å². The summed E-state index contributed by atoms with van der Waals surface area (Å²) < 4.78 is 14.0. The number of hydrogen-bond acceptors (Lipinski definition) is 4. The van der Waals surface area contributed by atoms with Gasteiger partial charge in [0.1, 0.15) is 11.6 Å². The second-order valence-electron chi connectivity index (χ2n) is 4.27. The molecule has 2 atom stereocenters. The smallest absolute Gasteiger partial charge is 0.221 e. The molecule has 0 spiro atoms.